The van der Waals surface area contributed by atoms with Crippen LogP contribution in [-0.2, 0) is 11.1 Å². The second-order valence-corrected chi connectivity index (χ2v) is 2.49. The Kier molecular flexibility index (Phi) is 5.39. The molecule has 0 aromatic rings. The Morgan fingerprint density at radius 1 is 1.75 bits per heavy atom. The molecule has 0 fully saturated rings. The van der Waals surface area contributed by atoms with Crippen LogP contribution >= 0.6 is 15.9 Å². The largest absolute Gasteiger partial charge is 0.306 e. The highest BCUT2D eigenvalue weighted by molar-refractivity contribution is 9.12. The van der Waals surface area contributed by atoms with Crippen LogP contribution in [0.3, 0.4) is 0 Å². The Bertz CT molecular complexity index is 135. The minimum Gasteiger partial charge on any atom is -0.306 e. The highest BCUT2D eigenvalue weighted by Crippen LogP contribution is 1.81. The fourth-order valence-electron chi connectivity index (χ4n) is 0.186. The molecule has 0 radical (unpaired) electrons. The summed E-state index contributed by atoms with van der Waals surface area (Å²) in [5, 5.41) is 0. The van der Waals surface area contributed by atoms with E-state index in [-0.39, 0.29) is 5.75 Å². The maximum atomic E-state index is 9.90. The van der Waals surface area contributed by atoms with E-state index >= 15 is 0 Å². The fraction of sp³-hybridized carbons (Fsp3) is 0.500. The topological polar surface area (TPSA) is 37.3 Å². The van der Waals surface area contributed by atoms with E-state index in [1.807, 2.05) is 0 Å². The quantitative estimate of drug-likeness (QED) is 0.528. The summed E-state index contributed by atoms with van der Waals surface area (Å²) in [6, 6.07) is 0. The van der Waals surface area contributed by atoms with Crippen LogP contribution in [0.15, 0.2) is 0 Å². The summed E-state index contributed by atoms with van der Waals surface area (Å²) in [5.41, 5.74) is 0. The molecule has 2 nitrogen and oxygen atoms in total. The summed E-state index contributed by atoms with van der Waals surface area (Å²) in [5.74, 6) is 2.83. The van der Waals surface area contributed by atoms with Crippen LogP contribution in [0, 0.1) is 10.8 Å². The van der Waals surface area contributed by atoms with Gasteiger partial charge in [-0.25, -0.2) is 4.21 Å². The van der Waals surface area contributed by atoms with E-state index in [1.165, 1.54) is 0 Å². The van der Waals surface area contributed by atoms with Crippen molar-refractivity contribution in [2.24, 2.45) is 0 Å². The predicted octanol–water partition coefficient (Wildman–Crippen LogP) is 0.954. The second-order valence-electron chi connectivity index (χ2n) is 1.05. The lowest BCUT2D eigenvalue weighted by molar-refractivity contribution is 0.564. The van der Waals surface area contributed by atoms with Crippen molar-refractivity contribution in [2.75, 3.05) is 5.75 Å². The van der Waals surface area contributed by atoms with Gasteiger partial charge in [-0.1, -0.05) is 5.92 Å². The molecule has 0 saturated heterocycles. The summed E-state index contributed by atoms with van der Waals surface area (Å²) in [7, 11) is 0. The van der Waals surface area contributed by atoms with Crippen molar-refractivity contribution in [1.82, 2.24) is 0 Å². The molecule has 4 heteroatoms. The molecule has 0 aliphatic carbocycles. The van der Waals surface area contributed by atoms with Crippen LogP contribution in [0.25, 0.3) is 0 Å². The fourth-order valence-corrected chi connectivity index (χ4v) is 0.661. The number of halogens is 1. The summed E-state index contributed by atoms with van der Waals surface area (Å²) in [4.78, 5) is 2.44. The second kappa shape index (κ2) is 5.29. The zero-order chi connectivity index (χ0) is 6.41. The summed E-state index contributed by atoms with van der Waals surface area (Å²) in [6.45, 7) is 0. The van der Waals surface area contributed by atoms with E-state index in [0.29, 0.717) is 6.42 Å². The zero-order valence-corrected chi connectivity index (χ0v) is 6.46. The van der Waals surface area contributed by atoms with Crippen LogP contribution in [0.1, 0.15) is 6.42 Å². The normalized spacial score (nSPS) is 11.8. The van der Waals surface area contributed by atoms with Gasteiger partial charge < -0.3 is 4.55 Å². The van der Waals surface area contributed by atoms with E-state index in [0.717, 1.165) is 0 Å². The maximum absolute atomic E-state index is 9.90. The average Bonchev–Trinajstić information content (AvgIpc) is 1.66. The van der Waals surface area contributed by atoms with E-state index in [4.69, 9.17) is 4.55 Å². The average molecular weight is 197 g/mol. The lowest BCUT2D eigenvalue weighted by Gasteiger charge is -1.81. The predicted molar refractivity (Wildman–Crippen MR) is 37.0 cm³/mol. The van der Waals surface area contributed by atoms with Gasteiger partial charge in [0, 0.05) is 22.4 Å². The van der Waals surface area contributed by atoms with Crippen molar-refractivity contribution in [3.63, 3.8) is 0 Å². The van der Waals surface area contributed by atoms with E-state index < -0.39 is 11.1 Å². The van der Waals surface area contributed by atoms with E-state index in [2.05, 4.69) is 26.7 Å². The van der Waals surface area contributed by atoms with E-state index in [1.54, 1.807) is 0 Å². The Morgan fingerprint density at radius 3 is 2.75 bits per heavy atom. The molecule has 0 spiro atoms. The lowest BCUT2D eigenvalue weighted by atomic mass is 10.5. The van der Waals surface area contributed by atoms with Crippen molar-refractivity contribution < 1.29 is 8.76 Å². The molecule has 0 rings (SSSR count). The van der Waals surface area contributed by atoms with Gasteiger partial charge in [0.25, 0.3) is 0 Å². The minimum atomic E-state index is -1.69. The first-order valence-corrected chi connectivity index (χ1v) is 4.00. The van der Waals surface area contributed by atoms with Crippen LogP contribution in [-0.4, -0.2) is 14.5 Å². The third kappa shape index (κ3) is 6.15. The lowest BCUT2D eigenvalue weighted by Crippen LogP contribution is -1.91. The molecule has 0 saturated carbocycles. The monoisotopic (exact) mass is 196 g/mol. The standard InChI is InChI=1S/C4H5BrO2S/c5-3-1-2-4-8(6)7/h2,4H2,(H,6,7). The molecule has 0 heterocycles. The van der Waals surface area contributed by atoms with Gasteiger partial charge in [-0.2, -0.15) is 0 Å². The molecule has 0 bridgehead atoms. The first-order valence-electron chi connectivity index (χ1n) is 1.93. The van der Waals surface area contributed by atoms with Crippen molar-refractivity contribution in [3.8, 4) is 10.8 Å². The number of hydrogen-bond donors (Lipinski definition) is 1. The van der Waals surface area contributed by atoms with Crippen molar-refractivity contribution in [2.45, 2.75) is 6.42 Å². The molecule has 1 unspecified atom stereocenters. The van der Waals surface area contributed by atoms with Crippen LogP contribution in [0.5, 0.6) is 0 Å². The Hall–Kier alpha value is 0.150. The molecule has 1 atom stereocenters. The van der Waals surface area contributed by atoms with Crippen LogP contribution in [0.4, 0.5) is 0 Å². The molecule has 0 aromatic carbocycles. The van der Waals surface area contributed by atoms with E-state index in [9.17, 15) is 4.21 Å². The van der Waals surface area contributed by atoms with Gasteiger partial charge in [0.1, 0.15) is 0 Å². The van der Waals surface area contributed by atoms with Crippen molar-refractivity contribution >= 4 is 27.0 Å². The Balaban J connectivity index is 3.14. The molecule has 1 N–H and O–H groups in total. The van der Waals surface area contributed by atoms with Gasteiger partial charge in [0.15, 0.2) is 11.1 Å². The van der Waals surface area contributed by atoms with Gasteiger partial charge in [0.05, 0.1) is 5.75 Å². The molecule has 8 heavy (non-hydrogen) atoms. The van der Waals surface area contributed by atoms with Crippen molar-refractivity contribution in [1.29, 1.82) is 0 Å². The molecule has 46 valence electrons. The highest BCUT2D eigenvalue weighted by atomic mass is 79.9. The van der Waals surface area contributed by atoms with Gasteiger partial charge in [-0.3, -0.25) is 0 Å². The molecule has 0 aliphatic heterocycles. The van der Waals surface area contributed by atoms with Crippen molar-refractivity contribution in [3.05, 3.63) is 0 Å². The smallest absolute Gasteiger partial charge is 0.153 e. The first kappa shape index (κ1) is 8.15. The van der Waals surface area contributed by atoms with Gasteiger partial charge >= 0.3 is 0 Å². The van der Waals surface area contributed by atoms with Gasteiger partial charge in [0.2, 0.25) is 0 Å². The molecular formula is C4H5BrO2S. The third-order valence-corrected chi connectivity index (χ3v) is 1.30. The summed E-state index contributed by atoms with van der Waals surface area (Å²) < 4.78 is 18.1. The Labute approximate surface area is 59.1 Å². The number of hydrogen-bond acceptors (Lipinski definition) is 1. The van der Waals surface area contributed by atoms with Crippen LogP contribution < -0.4 is 0 Å². The third-order valence-electron chi connectivity index (χ3n) is 0.468. The minimum absolute atomic E-state index is 0.235. The highest BCUT2D eigenvalue weighted by Gasteiger charge is 1.86. The summed E-state index contributed by atoms with van der Waals surface area (Å²) >= 11 is 1.17. The van der Waals surface area contributed by atoms with Gasteiger partial charge in [-0.15, -0.1) is 0 Å². The molecule has 0 amide bonds. The number of rotatable bonds is 2. The SMILES string of the molecule is O=S(O)CCC#CBr. The first-order chi connectivity index (χ1) is 3.77. The molecular weight excluding hydrogens is 192 g/mol. The maximum Gasteiger partial charge on any atom is 0.153 e. The zero-order valence-electron chi connectivity index (χ0n) is 4.06. The summed E-state index contributed by atoms with van der Waals surface area (Å²) in [6.07, 6.45) is 0.467. The molecule has 0 aromatic heterocycles. The van der Waals surface area contributed by atoms with Gasteiger partial charge in [-0.05, 0) is 4.83 Å². The van der Waals surface area contributed by atoms with Crippen LogP contribution in [0.2, 0.25) is 0 Å². The molecule has 0 aliphatic rings. The Morgan fingerprint density at radius 2 is 2.38 bits per heavy atom.